The lowest BCUT2D eigenvalue weighted by atomic mass is 10.1. The van der Waals surface area contributed by atoms with Crippen molar-refractivity contribution in [2.75, 3.05) is 18.1 Å². The Kier molecular flexibility index (Phi) is 5.05. The second-order valence-electron chi connectivity index (χ2n) is 4.32. The van der Waals surface area contributed by atoms with Crippen molar-refractivity contribution in [2.24, 2.45) is 0 Å². The Balaban J connectivity index is 2.94. The molecule has 0 fully saturated rings. The van der Waals surface area contributed by atoms with E-state index >= 15 is 0 Å². The maximum atomic E-state index is 5.88. The van der Waals surface area contributed by atoms with E-state index in [9.17, 15) is 0 Å². The highest BCUT2D eigenvalue weighted by Gasteiger charge is 2.18. The van der Waals surface area contributed by atoms with Gasteiger partial charge in [-0.15, -0.1) is 0 Å². The molecular formula is C12H21N3OS. The van der Waals surface area contributed by atoms with Crippen molar-refractivity contribution in [1.29, 1.82) is 0 Å². The van der Waals surface area contributed by atoms with Crippen LogP contribution in [0.25, 0.3) is 0 Å². The molecule has 0 unspecified atom stereocenters. The number of ether oxygens (including phenoxy) is 1. The van der Waals surface area contributed by atoms with Crippen LogP contribution in [0.3, 0.4) is 0 Å². The standard InChI is InChI=1S/C12H21N3OS/c1-6-12(3,4)16-10-8-9(13-7-2)14-11(15-10)17-5/h8H,6-7H2,1-5H3,(H,13,14,15). The molecule has 0 spiro atoms. The van der Waals surface area contributed by atoms with Gasteiger partial charge in [-0.1, -0.05) is 18.7 Å². The van der Waals surface area contributed by atoms with Gasteiger partial charge < -0.3 is 10.1 Å². The number of rotatable bonds is 6. The SMILES string of the molecule is CCNc1cc(OC(C)(C)CC)nc(SC)n1. The molecule has 96 valence electrons. The van der Waals surface area contributed by atoms with Gasteiger partial charge >= 0.3 is 0 Å². The maximum absolute atomic E-state index is 5.88. The highest BCUT2D eigenvalue weighted by molar-refractivity contribution is 7.98. The van der Waals surface area contributed by atoms with Crippen molar-refractivity contribution < 1.29 is 4.74 Å². The lowest BCUT2D eigenvalue weighted by Crippen LogP contribution is -2.27. The molecule has 4 nitrogen and oxygen atoms in total. The quantitative estimate of drug-likeness (QED) is 0.625. The molecule has 1 heterocycles. The molecule has 1 aromatic heterocycles. The second kappa shape index (κ2) is 6.10. The normalized spacial score (nSPS) is 11.4. The molecule has 0 aliphatic rings. The van der Waals surface area contributed by atoms with E-state index in [1.54, 1.807) is 0 Å². The maximum Gasteiger partial charge on any atom is 0.220 e. The number of aromatic nitrogens is 2. The summed E-state index contributed by atoms with van der Waals surface area (Å²) in [4.78, 5) is 8.72. The highest BCUT2D eigenvalue weighted by Crippen LogP contribution is 2.23. The summed E-state index contributed by atoms with van der Waals surface area (Å²) in [6.45, 7) is 9.09. The molecule has 0 saturated carbocycles. The summed E-state index contributed by atoms with van der Waals surface area (Å²) in [6.07, 6.45) is 2.89. The fraction of sp³-hybridized carbons (Fsp3) is 0.667. The molecule has 0 amide bonds. The molecule has 5 heteroatoms. The molecular weight excluding hydrogens is 234 g/mol. The van der Waals surface area contributed by atoms with Crippen LogP contribution >= 0.6 is 11.8 Å². The van der Waals surface area contributed by atoms with Gasteiger partial charge in [-0.05, 0) is 33.4 Å². The van der Waals surface area contributed by atoms with Crippen LogP contribution in [-0.2, 0) is 0 Å². The van der Waals surface area contributed by atoms with Crippen LogP contribution in [0.5, 0.6) is 5.88 Å². The smallest absolute Gasteiger partial charge is 0.220 e. The van der Waals surface area contributed by atoms with Crippen molar-refractivity contribution in [3.8, 4) is 5.88 Å². The summed E-state index contributed by atoms with van der Waals surface area (Å²) in [5, 5.41) is 3.91. The zero-order valence-corrected chi connectivity index (χ0v) is 12.0. The minimum atomic E-state index is -0.201. The summed E-state index contributed by atoms with van der Waals surface area (Å²) in [5.74, 6) is 1.45. The number of hydrogen-bond donors (Lipinski definition) is 1. The Bertz CT molecular complexity index is 369. The van der Waals surface area contributed by atoms with E-state index in [1.165, 1.54) is 11.8 Å². The Morgan fingerprint density at radius 2 is 2.06 bits per heavy atom. The number of nitrogens with zero attached hydrogens (tertiary/aromatic N) is 2. The van der Waals surface area contributed by atoms with Gasteiger partial charge in [-0.2, -0.15) is 4.98 Å². The Labute approximate surface area is 108 Å². The van der Waals surface area contributed by atoms with Gasteiger partial charge in [0.25, 0.3) is 0 Å². The van der Waals surface area contributed by atoms with E-state index in [2.05, 4.69) is 36.1 Å². The van der Waals surface area contributed by atoms with Crippen LogP contribution < -0.4 is 10.1 Å². The summed E-state index contributed by atoms with van der Waals surface area (Å²) in [7, 11) is 0. The average molecular weight is 255 g/mol. The molecule has 0 saturated heterocycles. The number of thioether (sulfide) groups is 1. The van der Waals surface area contributed by atoms with Crippen LogP contribution in [-0.4, -0.2) is 28.4 Å². The molecule has 0 aliphatic heterocycles. The zero-order valence-electron chi connectivity index (χ0n) is 11.2. The molecule has 0 aliphatic carbocycles. The van der Waals surface area contributed by atoms with Crippen molar-refractivity contribution >= 4 is 17.6 Å². The van der Waals surface area contributed by atoms with Crippen LogP contribution in [0.2, 0.25) is 0 Å². The molecule has 1 rings (SSSR count). The first-order chi connectivity index (χ1) is 8.00. The monoisotopic (exact) mass is 255 g/mol. The van der Waals surface area contributed by atoms with Gasteiger partial charge in [0.15, 0.2) is 5.16 Å². The molecule has 0 atom stereocenters. The van der Waals surface area contributed by atoms with Gasteiger partial charge in [-0.3, -0.25) is 0 Å². The van der Waals surface area contributed by atoms with Gasteiger partial charge in [0, 0.05) is 12.6 Å². The van der Waals surface area contributed by atoms with E-state index in [4.69, 9.17) is 4.74 Å². The molecule has 0 bridgehead atoms. The predicted molar refractivity (Wildman–Crippen MR) is 73.0 cm³/mol. The van der Waals surface area contributed by atoms with E-state index in [1.807, 2.05) is 19.2 Å². The Morgan fingerprint density at radius 3 is 2.59 bits per heavy atom. The summed E-state index contributed by atoms with van der Waals surface area (Å²) >= 11 is 1.51. The van der Waals surface area contributed by atoms with Gasteiger partial charge in [0.1, 0.15) is 11.4 Å². The molecule has 1 N–H and O–H groups in total. The number of anilines is 1. The highest BCUT2D eigenvalue weighted by atomic mass is 32.2. The molecule has 1 aromatic rings. The topological polar surface area (TPSA) is 47.0 Å². The number of hydrogen-bond acceptors (Lipinski definition) is 5. The van der Waals surface area contributed by atoms with E-state index < -0.39 is 0 Å². The van der Waals surface area contributed by atoms with Gasteiger partial charge in [-0.25, -0.2) is 4.98 Å². The summed E-state index contributed by atoms with van der Waals surface area (Å²) < 4.78 is 5.88. The first kappa shape index (κ1) is 14.1. The predicted octanol–water partition coefficient (Wildman–Crippen LogP) is 3.20. The minimum absolute atomic E-state index is 0.201. The molecule has 0 aromatic carbocycles. The van der Waals surface area contributed by atoms with Crippen LogP contribution in [0.1, 0.15) is 34.1 Å². The van der Waals surface area contributed by atoms with Crippen molar-refractivity contribution in [3.05, 3.63) is 6.07 Å². The lowest BCUT2D eigenvalue weighted by Gasteiger charge is -2.24. The largest absolute Gasteiger partial charge is 0.471 e. The van der Waals surface area contributed by atoms with Crippen LogP contribution in [0.4, 0.5) is 5.82 Å². The Hall–Kier alpha value is -0.970. The molecule has 0 radical (unpaired) electrons. The van der Waals surface area contributed by atoms with Crippen LogP contribution in [0.15, 0.2) is 11.2 Å². The van der Waals surface area contributed by atoms with E-state index in [0.29, 0.717) is 5.88 Å². The number of nitrogens with one attached hydrogen (secondary N) is 1. The third-order valence-electron chi connectivity index (χ3n) is 2.45. The van der Waals surface area contributed by atoms with Crippen LogP contribution in [0, 0.1) is 0 Å². The van der Waals surface area contributed by atoms with Gasteiger partial charge in [0.2, 0.25) is 5.88 Å². The van der Waals surface area contributed by atoms with E-state index in [-0.39, 0.29) is 5.60 Å². The first-order valence-corrected chi connectivity index (χ1v) is 7.09. The third-order valence-corrected chi connectivity index (χ3v) is 3.00. The van der Waals surface area contributed by atoms with Crippen molar-refractivity contribution in [2.45, 2.75) is 44.9 Å². The summed E-state index contributed by atoms with van der Waals surface area (Å²) in [5.41, 5.74) is -0.201. The Morgan fingerprint density at radius 1 is 1.35 bits per heavy atom. The fourth-order valence-electron chi connectivity index (χ4n) is 1.17. The first-order valence-electron chi connectivity index (χ1n) is 5.86. The molecule has 17 heavy (non-hydrogen) atoms. The average Bonchev–Trinajstić information content (AvgIpc) is 2.28. The lowest BCUT2D eigenvalue weighted by molar-refractivity contribution is 0.0979. The van der Waals surface area contributed by atoms with E-state index in [0.717, 1.165) is 23.9 Å². The zero-order chi connectivity index (χ0) is 12.9. The third kappa shape index (κ3) is 4.42. The van der Waals surface area contributed by atoms with Gasteiger partial charge in [0.05, 0.1) is 0 Å². The van der Waals surface area contributed by atoms with Crippen molar-refractivity contribution in [3.63, 3.8) is 0 Å². The minimum Gasteiger partial charge on any atom is -0.471 e. The second-order valence-corrected chi connectivity index (χ2v) is 5.10. The van der Waals surface area contributed by atoms with Crippen molar-refractivity contribution in [1.82, 2.24) is 9.97 Å². The summed E-state index contributed by atoms with van der Waals surface area (Å²) in [6, 6.07) is 1.85. The fourth-order valence-corrected chi connectivity index (χ4v) is 1.55.